The van der Waals surface area contributed by atoms with E-state index in [1.165, 1.54) is 46.5 Å². The van der Waals surface area contributed by atoms with Gasteiger partial charge in [-0.2, -0.15) is 0 Å². The zero-order valence-electron chi connectivity index (χ0n) is 26.0. The van der Waals surface area contributed by atoms with Crippen molar-refractivity contribution in [2.24, 2.45) is 0 Å². The number of rotatable bonds is 12. The minimum Gasteiger partial charge on any atom is -0.406 e. The second-order valence-electron chi connectivity index (χ2n) is 11.5. The Morgan fingerprint density at radius 3 is 1.09 bits per heavy atom. The van der Waals surface area contributed by atoms with Crippen molar-refractivity contribution < 1.29 is 35.8 Å². The van der Waals surface area contributed by atoms with Crippen LogP contribution in [0, 0.1) is 27.7 Å². The van der Waals surface area contributed by atoms with Crippen LogP contribution in [-0.4, -0.2) is 12.7 Å². The summed E-state index contributed by atoms with van der Waals surface area (Å²) in [6.07, 6.45) is -1.87. The van der Waals surface area contributed by atoms with Gasteiger partial charge in [-0.15, -0.1) is 26.3 Å². The van der Waals surface area contributed by atoms with Crippen molar-refractivity contribution in [3.63, 3.8) is 0 Å². The van der Waals surface area contributed by atoms with E-state index in [1.807, 2.05) is 26.0 Å². The summed E-state index contributed by atoms with van der Waals surface area (Å²) in [5.41, 5.74) is 11.0. The molecule has 0 heterocycles. The molecular formula is C37H38F6O2. The van der Waals surface area contributed by atoms with E-state index < -0.39 is 12.7 Å². The highest BCUT2D eigenvalue weighted by atomic mass is 19.4. The first kappa shape index (κ1) is 33.9. The molecule has 45 heavy (non-hydrogen) atoms. The number of hydrogen-bond donors (Lipinski definition) is 0. The molecule has 0 spiro atoms. The van der Waals surface area contributed by atoms with Crippen molar-refractivity contribution in [1.82, 2.24) is 0 Å². The van der Waals surface area contributed by atoms with Crippen molar-refractivity contribution in [1.29, 1.82) is 0 Å². The summed E-state index contributed by atoms with van der Waals surface area (Å²) in [5.74, 6) is -0.461. The van der Waals surface area contributed by atoms with Crippen molar-refractivity contribution >= 4 is 0 Å². The van der Waals surface area contributed by atoms with E-state index in [4.69, 9.17) is 0 Å². The number of hydrogen-bond acceptors (Lipinski definition) is 2. The molecule has 0 atom stereocenters. The first-order valence-corrected chi connectivity index (χ1v) is 15.1. The molecule has 0 saturated carbocycles. The van der Waals surface area contributed by atoms with E-state index in [-0.39, 0.29) is 11.5 Å². The molecule has 0 unspecified atom stereocenters. The number of alkyl halides is 6. The Labute approximate surface area is 261 Å². The maximum absolute atomic E-state index is 12.5. The van der Waals surface area contributed by atoms with Gasteiger partial charge in [0.25, 0.3) is 0 Å². The number of aryl methyl sites for hydroxylation is 2. The molecule has 8 heteroatoms. The number of halogens is 6. The largest absolute Gasteiger partial charge is 0.573 e. The molecule has 0 amide bonds. The highest BCUT2D eigenvalue weighted by Crippen LogP contribution is 2.33. The maximum atomic E-state index is 12.5. The average molecular weight is 629 g/mol. The molecule has 4 aromatic rings. The Hall–Kier alpha value is -3.94. The van der Waals surface area contributed by atoms with Gasteiger partial charge in [0.15, 0.2) is 0 Å². The third kappa shape index (κ3) is 9.52. The normalized spacial score (nSPS) is 12.0. The predicted molar refractivity (Wildman–Crippen MR) is 167 cm³/mol. The van der Waals surface area contributed by atoms with Gasteiger partial charge in [-0.1, -0.05) is 67.8 Å². The lowest BCUT2D eigenvalue weighted by molar-refractivity contribution is -0.275. The summed E-state index contributed by atoms with van der Waals surface area (Å²) in [6, 6.07) is 20.3. The smallest absolute Gasteiger partial charge is 0.406 e. The molecule has 0 bridgehead atoms. The second-order valence-corrected chi connectivity index (χ2v) is 11.5. The zero-order valence-corrected chi connectivity index (χ0v) is 26.0. The van der Waals surface area contributed by atoms with Gasteiger partial charge in [0.2, 0.25) is 0 Å². The lowest BCUT2D eigenvalue weighted by Gasteiger charge is -2.15. The minimum absolute atomic E-state index is 0.230. The second kappa shape index (κ2) is 14.4. The molecule has 0 N–H and O–H groups in total. The van der Waals surface area contributed by atoms with Crippen LogP contribution in [0.1, 0.15) is 65.5 Å². The van der Waals surface area contributed by atoms with Crippen LogP contribution in [0.25, 0.3) is 22.3 Å². The number of unbranched alkanes of at least 4 members (excludes halogenated alkanes) is 4. The molecule has 4 aromatic carbocycles. The fourth-order valence-electron chi connectivity index (χ4n) is 5.75. The third-order valence-corrected chi connectivity index (χ3v) is 8.49. The fourth-order valence-corrected chi connectivity index (χ4v) is 5.75. The van der Waals surface area contributed by atoms with Crippen molar-refractivity contribution in [3.05, 3.63) is 106 Å². The highest BCUT2D eigenvalue weighted by molar-refractivity contribution is 5.71. The van der Waals surface area contributed by atoms with Crippen LogP contribution >= 0.6 is 0 Å². The number of ether oxygens (including phenoxy) is 2. The molecule has 0 aliphatic rings. The Balaban J connectivity index is 1.23. The first-order valence-electron chi connectivity index (χ1n) is 15.1. The van der Waals surface area contributed by atoms with E-state index in [1.54, 1.807) is 24.3 Å². The van der Waals surface area contributed by atoms with Crippen LogP contribution in [-0.2, 0) is 12.8 Å². The SMILES string of the molecule is Cc1c(CCCCCCCc2ccc(-c3ccc(OC(F)(F)F)cc3)c(C)c2C)ccc(-c2ccc(OC(F)(F)F)cc2)c1C. The molecular weight excluding hydrogens is 590 g/mol. The van der Waals surface area contributed by atoms with E-state index in [0.29, 0.717) is 0 Å². The summed E-state index contributed by atoms with van der Waals surface area (Å²) in [6.45, 7) is 8.30. The van der Waals surface area contributed by atoms with Gasteiger partial charge in [-0.05, 0) is 133 Å². The van der Waals surface area contributed by atoms with Crippen LogP contribution in [0.15, 0.2) is 72.8 Å². The molecule has 0 saturated heterocycles. The summed E-state index contributed by atoms with van der Waals surface area (Å²) >= 11 is 0. The van der Waals surface area contributed by atoms with E-state index >= 15 is 0 Å². The van der Waals surface area contributed by atoms with Gasteiger partial charge in [-0.25, -0.2) is 0 Å². The van der Waals surface area contributed by atoms with Crippen molar-refractivity contribution in [2.75, 3.05) is 0 Å². The van der Waals surface area contributed by atoms with Gasteiger partial charge in [0.1, 0.15) is 11.5 Å². The lowest BCUT2D eigenvalue weighted by atomic mass is 9.91. The van der Waals surface area contributed by atoms with E-state index in [0.717, 1.165) is 78.3 Å². The highest BCUT2D eigenvalue weighted by Gasteiger charge is 2.31. The summed E-state index contributed by atoms with van der Waals surface area (Å²) in [5, 5.41) is 0. The van der Waals surface area contributed by atoms with Gasteiger partial charge in [0.05, 0.1) is 0 Å². The monoisotopic (exact) mass is 628 g/mol. The summed E-state index contributed by atoms with van der Waals surface area (Å²) < 4.78 is 82.8. The topological polar surface area (TPSA) is 18.5 Å². The Morgan fingerprint density at radius 2 is 0.756 bits per heavy atom. The molecule has 2 nitrogen and oxygen atoms in total. The van der Waals surface area contributed by atoms with Gasteiger partial charge < -0.3 is 9.47 Å². The van der Waals surface area contributed by atoms with E-state index in [2.05, 4.69) is 35.5 Å². The van der Waals surface area contributed by atoms with Gasteiger partial charge in [-0.3, -0.25) is 0 Å². The molecule has 0 aliphatic carbocycles. The van der Waals surface area contributed by atoms with Gasteiger partial charge >= 0.3 is 12.7 Å². The Morgan fingerprint density at radius 1 is 0.422 bits per heavy atom. The Kier molecular flexibility index (Phi) is 10.9. The van der Waals surface area contributed by atoms with E-state index in [9.17, 15) is 26.3 Å². The van der Waals surface area contributed by atoms with Crippen molar-refractivity contribution in [3.8, 4) is 33.8 Å². The molecule has 0 aliphatic heterocycles. The average Bonchev–Trinajstić information content (AvgIpc) is 2.96. The molecule has 0 fully saturated rings. The first-order chi connectivity index (χ1) is 21.2. The van der Waals surface area contributed by atoms with Crippen LogP contribution in [0.5, 0.6) is 11.5 Å². The molecule has 0 radical (unpaired) electrons. The number of benzene rings is 4. The van der Waals surface area contributed by atoms with Crippen LogP contribution in [0.2, 0.25) is 0 Å². The predicted octanol–water partition coefficient (Wildman–Crippen LogP) is 11.8. The van der Waals surface area contributed by atoms with Crippen LogP contribution in [0.4, 0.5) is 26.3 Å². The molecule has 0 aromatic heterocycles. The van der Waals surface area contributed by atoms with Crippen LogP contribution in [0.3, 0.4) is 0 Å². The van der Waals surface area contributed by atoms with Crippen molar-refractivity contribution in [2.45, 2.75) is 85.4 Å². The minimum atomic E-state index is -4.71. The zero-order chi connectivity index (χ0) is 32.8. The maximum Gasteiger partial charge on any atom is 0.573 e. The quantitative estimate of drug-likeness (QED) is 0.115. The van der Waals surface area contributed by atoms with Gasteiger partial charge in [0, 0.05) is 0 Å². The molecule has 4 rings (SSSR count). The Bertz CT molecular complexity index is 1450. The summed E-state index contributed by atoms with van der Waals surface area (Å²) in [4.78, 5) is 0. The summed E-state index contributed by atoms with van der Waals surface area (Å²) in [7, 11) is 0. The third-order valence-electron chi connectivity index (χ3n) is 8.49. The van der Waals surface area contributed by atoms with Crippen LogP contribution < -0.4 is 9.47 Å². The molecule has 240 valence electrons. The fraction of sp³-hybridized carbons (Fsp3) is 0.351. The lowest BCUT2D eigenvalue weighted by Crippen LogP contribution is -2.16. The standard InChI is InChI=1S/C37H38F6O2/c1-24-26(3)34(30-12-18-32(19-13-30)44-36(38,39)40)22-16-28(24)10-8-6-5-7-9-11-29-17-23-35(27(4)25(29)2)31-14-20-33(21-15-31)45-37(41,42)43/h12-23H,5-11H2,1-4H3.